The zero-order chi connectivity index (χ0) is 14.4. The van der Waals surface area contributed by atoms with Gasteiger partial charge in [-0.15, -0.1) is 0 Å². The first-order chi connectivity index (χ1) is 9.69. The molecule has 20 heavy (non-hydrogen) atoms. The summed E-state index contributed by atoms with van der Waals surface area (Å²) in [6, 6.07) is 5.66. The summed E-state index contributed by atoms with van der Waals surface area (Å²) in [5, 5.41) is 0. The molecule has 4 nitrogen and oxygen atoms in total. The number of ether oxygens (including phenoxy) is 4. The van der Waals surface area contributed by atoms with E-state index in [1.165, 1.54) is 0 Å². The molecule has 0 bridgehead atoms. The molecule has 0 aliphatic carbocycles. The molecular formula is C16H24O4. The third-order valence-corrected chi connectivity index (χ3v) is 3.30. The van der Waals surface area contributed by atoms with Crippen molar-refractivity contribution in [3.63, 3.8) is 0 Å². The molecule has 1 aromatic carbocycles. The maximum absolute atomic E-state index is 5.87. The topological polar surface area (TPSA) is 36.9 Å². The van der Waals surface area contributed by atoms with Crippen LogP contribution in [0.25, 0.3) is 0 Å². The molecule has 0 spiro atoms. The van der Waals surface area contributed by atoms with Crippen LogP contribution in [-0.4, -0.2) is 25.6 Å². The number of rotatable bonds is 8. The molecule has 2 rings (SSSR count). The SMILES string of the molecule is CCCC(C)OCCC(C)Oc1ccc2c(c1)OCO2. The van der Waals surface area contributed by atoms with Gasteiger partial charge in [-0.1, -0.05) is 13.3 Å². The maximum atomic E-state index is 5.87. The highest BCUT2D eigenvalue weighted by Crippen LogP contribution is 2.35. The number of hydrogen-bond acceptors (Lipinski definition) is 4. The summed E-state index contributed by atoms with van der Waals surface area (Å²) in [6.45, 7) is 7.36. The minimum absolute atomic E-state index is 0.115. The third-order valence-electron chi connectivity index (χ3n) is 3.30. The van der Waals surface area contributed by atoms with E-state index in [1.54, 1.807) is 0 Å². The highest BCUT2D eigenvalue weighted by molar-refractivity contribution is 5.46. The van der Waals surface area contributed by atoms with Gasteiger partial charge in [0.1, 0.15) is 5.75 Å². The van der Waals surface area contributed by atoms with Crippen molar-refractivity contribution in [2.45, 2.75) is 52.2 Å². The Bertz CT molecular complexity index is 419. The van der Waals surface area contributed by atoms with Crippen molar-refractivity contribution in [1.29, 1.82) is 0 Å². The van der Waals surface area contributed by atoms with Gasteiger partial charge in [-0.25, -0.2) is 0 Å². The predicted molar refractivity (Wildman–Crippen MR) is 77.6 cm³/mol. The van der Waals surface area contributed by atoms with E-state index in [1.807, 2.05) is 18.2 Å². The summed E-state index contributed by atoms with van der Waals surface area (Å²) in [5.41, 5.74) is 0. The van der Waals surface area contributed by atoms with Crippen LogP contribution in [0.3, 0.4) is 0 Å². The van der Waals surface area contributed by atoms with Crippen molar-refractivity contribution in [2.75, 3.05) is 13.4 Å². The van der Waals surface area contributed by atoms with Crippen LogP contribution in [0.5, 0.6) is 17.2 Å². The van der Waals surface area contributed by atoms with E-state index >= 15 is 0 Å². The Morgan fingerprint density at radius 2 is 1.90 bits per heavy atom. The number of benzene rings is 1. The molecule has 1 heterocycles. The second-order valence-corrected chi connectivity index (χ2v) is 5.20. The minimum Gasteiger partial charge on any atom is -0.490 e. The Morgan fingerprint density at radius 3 is 2.70 bits per heavy atom. The number of hydrogen-bond donors (Lipinski definition) is 0. The maximum Gasteiger partial charge on any atom is 0.231 e. The molecule has 4 heteroatoms. The molecule has 0 saturated heterocycles. The lowest BCUT2D eigenvalue weighted by Crippen LogP contribution is -2.17. The summed E-state index contributed by atoms with van der Waals surface area (Å²) < 4.78 is 22.2. The van der Waals surface area contributed by atoms with Gasteiger partial charge in [0, 0.05) is 12.5 Å². The fraction of sp³-hybridized carbons (Fsp3) is 0.625. The summed E-state index contributed by atoms with van der Waals surface area (Å²) >= 11 is 0. The molecule has 2 atom stereocenters. The molecule has 0 radical (unpaired) electrons. The van der Waals surface area contributed by atoms with Gasteiger partial charge in [0.15, 0.2) is 11.5 Å². The van der Waals surface area contributed by atoms with Gasteiger partial charge in [-0.3, -0.25) is 0 Å². The van der Waals surface area contributed by atoms with Crippen LogP contribution in [-0.2, 0) is 4.74 Å². The van der Waals surface area contributed by atoms with Crippen molar-refractivity contribution < 1.29 is 18.9 Å². The molecule has 1 aromatic rings. The monoisotopic (exact) mass is 280 g/mol. The van der Waals surface area contributed by atoms with E-state index in [4.69, 9.17) is 18.9 Å². The lowest BCUT2D eigenvalue weighted by molar-refractivity contribution is 0.0410. The fourth-order valence-electron chi connectivity index (χ4n) is 2.17. The van der Waals surface area contributed by atoms with Crippen LogP contribution < -0.4 is 14.2 Å². The lowest BCUT2D eigenvalue weighted by atomic mass is 10.2. The summed E-state index contributed by atoms with van der Waals surface area (Å²) in [4.78, 5) is 0. The van der Waals surface area contributed by atoms with Crippen molar-refractivity contribution in [2.24, 2.45) is 0 Å². The first kappa shape index (κ1) is 15.0. The molecule has 1 aliphatic heterocycles. The minimum atomic E-state index is 0.115. The van der Waals surface area contributed by atoms with Crippen LogP contribution in [0.15, 0.2) is 18.2 Å². The summed E-state index contributed by atoms with van der Waals surface area (Å²) in [6.07, 6.45) is 3.59. The van der Waals surface area contributed by atoms with Crippen LogP contribution >= 0.6 is 0 Å². The first-order valence-corrected chi connectivity index (χ1v) is 7.37. The van der Waals surface area contributed by atoms with Crippen LogP contribution in [0.4, 0.5) is 0 Å². The van der Waals surface area contributed by atoms with E-state index in [0.717, 1.165) is 43.1 Å². The van der Waals surface area contributed by atoms with E-state index in [-0.39, 0.29) is 12.9 Å². The van der Waals surface area contributed by atoms with Gasteiger partial charge < -0.3 is 18.9 Å². The van der Waals surface area contributed by atoms with E-state index < -0.39 is 0 Å². The Hall–Kier alpha value is -1.42. The molecule has 0 amide bonds. The van der Waals surface area contributed by atoms with Gasteiger partial charge in [-0.2, -0.15) is 0 Å². The Balaban J connectivity index is 1.73. The second kappa shape index (κ2) is 7.39. The Labute approximate surface area is 121 Å². The average molecular weight is 280 g/mol. The van der Waals surface area contributed by atoms with Crippen LogP contribution in [0.2, 0.25) is 0 Å². The van der Waals surface area contributed by atoms with Gasteiger partial charge in [0.2, 0.25) is 6.79 Å². The summed E-state index contributed by atoms with van der Waals surface area (Å²) in [5.74, 6) is 2.34. The largest absolute Gasteiger partial charge is 0.490 e. The van der Waals surface area contributed by atoms with Crippen molar-refractivity contribution in [3.8, 4) is 17.2 Å². The van der Waals surface area contributed by atoms with Crippen LogP contribution in [0, 0.1) is 0 Å². The number of fused-ring (bicyclic) bond motifs is 1. The van der Waals surface area contributed by atoms with E-state index in [2.05, 4.69) is 20.8 Å². The standard InChI is InChI=1S/C16H24O4/c1-4-5-12(2)17-9-8-13(3)20-14-6-7-15-16(10-14)19-11-18-15/h6-7,10,12-13H,4-5,8-9,11H2,1-3H3. The normalized spacial score (nSPS) is 15.9. The molecule has 0 aromatic heterocycles. The van der Waals surface area contributed by atoms with Crippen molar-refractivity contribution >= 4 is 0 Å². The van der Waals surface area contributed by atoms with Gasteiger partial charge in [0.25, 0.3) is 0 Å². The fourth-order valence-corrected chi connectivity index (χ4v) is 2.17. The zero-order valence-electron chi connectivity index (χ0n) is 12.6. The molecule has 2 unspecified atom stereocenters. The van der Waals surface area contributed by atoms with Crippen molar-refractivity contribution in [1.82, 2.24) is 0 Å². The van der Waals surface area contributed by atoms with E-state index in [0.29, 0.717) is 6.10 Å². The molecule has 0 fully saturated rings. The quantitative estimate of drug-likeness (QED) is 0.726. The zero-order valence-corrected chi connectivity index (χ0v) is 12.6. The van der Waals surface area contributed by atoms with Gasteiger partial charge in [0.05, 0.1) is 18.8 Å². The molecular weight excluding hydrogens is 256 g/mol. The van der Waals surface area contributed by atoms with Gasteiger partial charge in [-0.05, 0) is 32.4 Å². The second-order valence-electron chi connectivity index (χ2n) is 5.20. The molecule has 0 saturated carbocycles. The molecule has 112 valence electrons. The Morgan fingerprint density at radius 1 is 1.10 bits per heavy atom. The Kier molecular flexibility index (Phi) is 5.53. The highest BCUT2D eigenvalue weighted by Gasteiger charge is 2.14. The van der Waals surface area contributed by atoms with E-state index in [9.17, 15) is 0 Å². The third kappa shape index (κ3) is 4.30. The summed E-state index contributed by atoms with van der Waals surface area (Å²) in [7, 11) is 0. The average Bonchev–Trinajstić information content (AvgIpc) is 2.86. The van der Waals surface area contributed by atoms with Crippen LogP contribution in [0.1, 0.15) is 40.0 Å². The first-order valence-electron chi connectivity index (χ1n) is 7.37. The lowest BCUT2D eigenvalue weighted by Gasteiger charge is -2.17. The molecule has 0 N–H and O–H groups in total. The predicted octanol–water partition coefficient (Wildman–Crippen LogP) is 3.78. The highest BCUT2D eigenvalue weighted by atomic mass is 16.7. The van der Waals surface area contributed by atoms with Crippen molar-refractivity contribution in [3.05, 3.63) is 18.2 Å². The smallest absolute Gasteiger partial charge is 0.231 e. The van der Waals surface area contributed by atoms with Gasteiger partial charge >= 0.3 is 0 Å². The molecule has 1 aliphatic rings.